The highest BCUT2D eigenvalue weighted by molar-refractivity contribution is 5.46. The van der Waals surface area contributed by atoms with Gasteiger partial charge in [-0.2, -0.15) is 0 Å². The number of pyridine rings is 1. The molecule has 0 fully saturated rings. The van der Waals surface area contributed by atoms with Gasteiger partial charge in [-0.15, -0.1) is 13.2 Å². The predicted octanol–water partition coefficient (Wildman–Crippen LogP) is 2.21. The Kier molecular flexibility index (Phi) is 3.39. The Morgan fingerprint density at radius 3 is 2.47 bits per heavy atom. The van der Waals surface area contributed by atoms with Gasteiger partial charge in [0.2, 0.25) is 0 Å². The third-order valence-electron chi connectivity index (χ3n) is 1.78. The minimum atomic E-state index is -4.94. The maximum atomic E-state index is 12.0. The van der Waals surface area contributed by atoms with E-state index in [1.807, 2.05) is 0 Å². The minimum absolute atomic E-state index is 0.326. The number of hydrogen-bond donors (Lipinski definition) is 0. The van der Waals surface area contributed by atoms with Crippen LogP contribution in [0, 0.1) is 17.0 Å². The van der Waals surface area contributed by atoms with Crippen LogP contribution in [0.3, 0.4) is 0 Å². The number of hydrogen-bond acceptors (Lipinski definition) is 5. The smallest absolute Gasteiger partial charge is 0.463 e. The van der Waals surface area contributed by atoms with Gasteiger partial charge in [-0.05, 0) is 11.8 Å². The molecule has 0 aliphatic rings. The molecule has 1 aromatic rings. The zero-order valence-corrected chi connectivity index (χ0v) is 8.74. The van der Waals surface area contributed by atoms with Crippen LogP contribution in [-0.4, -0.2) is 23.4 Å². The Hall–Kier alpha value is -2.06. The average Bonchev–Trinajstić information content (AvgIpc) is 2.18. The van der Waals surface area contributed by atoms with E-state index in [1.165, 1.54) is 0 Å². The Balaban J connectivity index is 3.29. The maximum Gasteiger partial charge on any atom is 0.573 e. The number of ether oxygens (including phenoxy) is 2. The monoisotopic (exact) mass is 252 g/mol. The molecule has 0 bridgehead atoms. The summed E-state index contributed by atoms with van der Waals surface area (Å²) in [5, 5.41) is 10.6. The third kappa shape index (κ3) is 3.20. The average molecular weight is 252 g/mol. The standard InChI is InChI=1S/C8H7F3N2O4/c1-4-5(17-8(9,10)11)3-6(16-2)12-7(4)13(14)15/h3H,1-2H3. The van der Waals surface area contributed by atoms with Crippen molar-refractivity contribution in [3.8, 4) is 11.6 Å². The van der Waals surface area contributed by atoms with Crippen molar-refractivity contribution in [2.45, 2.75) is 13.3 Å². The molecule has 0 aliphatic heterocycles. The largest absolute Gasteiger partial charge is 0.573 e. The number of aromatic nitrogens is 1. The second-order valence-corrected chi connectivity index (χ2v) is 2.92. The summed E-state index contributed by atoms with van der Waals surface area (Å²) in [5.41, 5.74) is -0.326. The van der Waals surface area contributed by atoms with E-state index in [0.717, 1.165) is 20.1 Å². The van der Waals surface area contributed by atoms with E-state index < -0.39 is 22.9 Å². The lowest BCUT2D eigenvalue weighted by molar-refractivity contribution is -0.390. The van der Waals surface area contributed by atoms with Crippen LogP contribution in [0.5, 0.6) is 11.6 Å². The first-order chi connectivity index (χ1) is 7.74. The van der Waals surface area contributed by atoms with E-state index >= 15 is 0 Å². The second-order valence-electron chi connectivity index (χ2n) is 2.92. The van der Waals surface area contributed by atoms with E-state index in [2.05, 4.69) is 14.5 Å². The summed E-state index contributed by atoms with van der Waals surface area (Å²) in [4.78, 5) is 13.1. The van der Waals surface area contributed by atoms with Crippen LogP contribution in [-0.2, 0) is 0 Å². The van der Waals surface area contributed by atoms with Crippen LogP contribution in [0.15, 0.2) is 6.07 Å². The molecule has 0 saturated carbocycles. The van der Waals surface area contributed by atoms with E-state index in [9.17, 15) is 23.3 Å². The normalized spacial score (nSPS) is 11.1. The molecule has 17 heavy (non-hydrogen) atoms. The summed E-state index contributed by atoms with van der Waals surface area (Å²) in [7, 11) is 1.12. The van der Waals surface area contributed by atoms with Gasteiger partial charge >= 0.3 is 18.1 Å². The lowest BCUT2D eigenvalue weighted by Crippen LogP contribution is -2.18. The molecule has 0 amide bonds. The van der Waals surface area contributed by atoms with Crippen molar-refractivity contribution < 1.29 is 27.6 Å². The molecule has 1 heterocycles. The van der Waals surface area contributed by atoms with Gasteiger partial charge in [0, 0.05) is 4.98 Å². The Morgan fingerprint density at radius 1 is 1.47 bits per heavy atom. The molecule has 0 aliphatic carbocycles. The predicted molar refractivity (Wildman–Crippen MR) is 48.9 cm³/mol. The number of methoxy groups -OCH3 is 1. The summed E-state index contributed by atoms with van der Waals surface area (Å²) in [6.45, 7) is 1.10. The molecule has 0 unspecified atom stereocenters. The van der Waals surface area contributed by atoms with E-state index in [-0.39, 0.29) is 11.4 Å². The van der Waals surface area contributed by atoms with Gasteiger partial charge < -0.3 is 19.6 Å². The lowest BCUT2D eigenvalue weighted by Gasteiger charge is -2.11. The van der Waals surface area contributed by atoms with Gasteiger partial charge in [0.05, 0.1) is 18.7 Å². The fraction of sp³-hybridized carbons (Fsp3) is 0.375. The molecule has 6 nitrogen and oxygen atoms in total. The van der Waals surface area contributed by atoms with Gasteiger partial charge in [-0.25, -0.2) is 0 Å². The van der Waals surface area contributed by atoms with Gasteiger partial charge in [0.15, 0.2) is 0 Å². The number of halogens is 3. The lowest BCUT2D eigenvalue weighted by atomic mass is 10.2. The van der Waals surface area contributed by atoms with Crippen molar-refractivity contribution >= 4 is 5.82 Å². The van der Waals surface area contributed by atoms with Crippen LogP contribution in [0.1, 0.15) is 5.56 Å². The molecule has 9 heteroatoms. The van der Waals surface area contributed by atoms with E-state index in [0.29, 0.717) is 0 Å². The molecule has 1 rings (SSSR count). The van der Waals surface area contributed by atoms with Crippen molar-refractivity contribution in [2.24, 2.45) is 0 Å². The molecule has 0 radical (unpaired) electrons. The highest BCUT2D eigenvalue weighted by Gasteiger charge is 2.34. The zero-order chi connectivity index (χ0) is 13.2. The molecule has 1 aromatic heterocycles. The SMILES string of the molecule is COc1cc(OC(F)(F)F)c(C)c([N+](=O)[O-])n1. The zero-order valence-electron chi connectivity index (χ0n) is 8.74. The maximum absolute atomic E-state index is 12.0. The summed E-state index contributed by atoms with van der Waals surface area (Å²) in [6.07, 6.45) is -4.94. The first-order valence-corrected chi connectivity index (χ1v) is 4.20. The molecule has 0 atom stereocenters. The summed E-state index contributed by atoms with van der Waals surface area (Å²) in [5.74, 6) is -1.79. The molecular formula is C8H7F3N2O4. The first-order valence-electron chi connectivity index (χ1n) is 4.20. The highest BCUT2D eigenvalue weighted by atomic mass is 19.4. The minimum Gasteiger partial charge on any atom is -0.463 e. The summed E-state index contributed by atoms with van der Waals surface area (Å²) >= 11 is 0. The Bertz CT molecular complexity index is 447. The van der Waals surface area contributed by atoms with Crippen LogP contribution >= 0.6 is 0 Å². The molecule has 0 saturated heterocycles. The van der Waals surface area contributed by atoms with Gasteiger partial charge in [0.25, 0.3) is 0 Å². The van der Waals surface area contributed by atoms with Crippen LogP contribution < -0.4 is 9.47 Å². The molecular weight excluding hydrogens is 245 g/mol. The number of nitrogens with zero attached hydrogens (tertiary/aromatic N) is 2. The van der Waals surface area contributed by atoms with E-state index in [1.54, 1.807) is 0 Å². The summed E-state index contributed by atoms with van der Waals surface area (Å²) < 4.78 is 44.3. The Labute approximate surface area is 93.1 Å². The fourth-order valence-electron chi connectivity index (χ4n) is 1.06. The summed E-state index contributed by atoms with van der Waals surface area (Å²) in [6, 6.07) is 0.829. The van der Waals surface area contributed by atoms with Crippen LogP contribution in [0.4, 0.5) is 19.0 Å². The molecule has 0 spiro atoms. The van der Waals surface area contributed by atoms with Crippen molar-refractivity contribution in [3.05, 3.63) is 21.7 Å². The van der Waals surface area contributed by atoms with Gasteiger partial charge in [0.1, 0.15) is 5.75 Å². The number of rotatable bonds is 3. The number of nitro groups is 1. The molecule has 94 valence electrons. The third-order valence-corrected chi connectivity index (χ3v) is 1.78. The van der Waals surface area contributed by atoms with Crippen molar-refractivity contribution in [3.63, 3.8) is 0 Å². The topological polar surface area (TPSA) is 74.5 Å². The Morgan fingerprint density at radius 2 is 2.06 bits per heavy atom. The first kappa shape index (κ1) is 13.0. The van der Waals surface area contributed by atoms with Gasteiger partial charge in [-0.3, -0.25) is 0 Å². The van der Waals surface area contributed by atoms with E-state index in [4.69, 9.17) is 0 Å². The van der Waals surface area contributed by atoms with Gasteiger partial charge in [-0.1, -0.05) is 0 Å². The van der Waals surface area contributed by atoms with Crippen molar-refractivity contribution in [1.82, 2.24) is 4.98 Å². The quantitative estimate of drug-likeness (QED) is 0.609. The fourth-order valence-corrected chi connectivity index (χ4v) is 1.06. The van der Waals surface area contributed by atoms with Crippen molar-refractivity contribution in [2.75, 3.05) is 7.11 Å². The molecule has 0 N–H and O–H groups in total. The highest BCUT2D eigenvalue weighted by Crippen LogP contribution is 2.33. The molecule has 0 aromatic carbocycles. The second kappa shape index (κ2) is 4.44. The van der Waals surface area contributed by atoms with Crippen molar-refractivity contribution in [1.29, 1.82) is 0 Å². The number of alkyl halides is 3. The van der Waals surface area contributed by atoms with Crippen LogP contribution in [0.25, 0.3) is 0 Å². The van der Waals surface area contributed by atoms with Crippen LogP contribution in [0.2, 0.25) is 0 Å².